The van der Waals surface area contributed by atoms with E-state index in [9.17, 15) is 23.8 Å². The second kappa shape index (κ2) is 45.0. The SMILES string of the molecule is CCCCC/C=C\C/C=C\CCCCCCCCCCCC(=O)OC[C@H](COP(=O)(O)OC[C@H](N)C(=O)O)OC(=O)CCCCCCCCCCC/C=C\C/C=C\CCCCC. The summed E-state index contributed by atoms with van der Waals surface area (Å²) in [6, 6.07) is -1.52. The highest BCUT2D eigenvalue weighted by Crippen LogP contribution is 2.43. The quantitative estimate of drug-likeness (QED) is 0.0230. The fourth-order valence-corrected chi connectivity index (χ4v) is 7.43. The van der Waals surface area contributed by atoms with E-state index >= 15 is 0 Å². The third kappa shape index (κ3) is 44.1. The largest absolute Gasteiger partial charge is 0.480 e. The van der Waals surface area contributed by atoms with Gasteiger partial charge in [-0.1, -0.05) is 178 Å². The maximum atomic E-state index is 12.7. The molecule has 0 spiro atoms. The lowest BCUT2D eigenvalue weighted by Crippen LogP contribution is -2.34. The highest BCUT2D eigenvalue weighted by atomic mass is 31.2. The Morgan fingerprint density at radius 1 is 0.500 bits per heavy atom. The summed E-state index contributed by atoms with van der Waals surface area (Å²) < 4.78 is 32.8. The molecular weight excluding hydrogens is 806 g/mol. The lowest BCUT2D eigenvalue weighted by Gasteiger charge is -2.20. The number of phosphoric ester groups is 1. The molecule has 0 aromatic carbocycles. The van der Waals surface area contributed by atoms with Gasteiger partial charge in [-0.2, -0.15) is 0 Å². The highest BCUT2D eigenvalue weighted by molar-refractivity contribution is 7.47. The smallest absolute Gasteiger partial charge is 0.472 e. The standard InChI is InChI=1S/C50H90NO10P/c1-3-5-7-9-11-13-15-17-19-21-23-25-27-29-31-33-35-37-39-41-48(52)58-43-46(44-59-62(56,57)60-45-47(51)50(54)55)61-49(53)42-40-38-36-34-32-30-28-26-24-22-20-18-16-14-12-10-8-6-4-2/h11-14,17-20,46-47H,3-10,15-16,21-45,51H2,1-2H3,(H,54,55)(H,56,57)/b13-11-,14-12-,19-17-,20-18-/t46-,47+/m1/s1. The number of esters is 2. The molecule has 0 saturated carbocycles. The van der Waals surface area contributed by atoms with Crippen LogP contribution >= 0.6 is 7.82 Å². The molecule has 12 heteroatoms. The molecule has 0 radical (unpaired) electrons. The molecule has 0 fully saturated rings. The van der Waals surface area contributed by atoms with E-state index < -0.39 is 51.1 Å². The number of rotatable bonds is 46. The zero-order valence-corrected chi connectivity index (χ0v) is 40.1. The maximum absolute atomic E-state index is 12.7. The van der Waals surface area contributed by atoms with E-state index in [4.69, 9.17) is 24.8 Å². The molecular formula is C50H90NO10P. The predicted octanol–water partition coefficient (Wildman–Crippen LogP) is 13.7. The predicted molar refractivity (Wildman–Crippen MR) is 254 cm³/mol. The molecule has 0 saturated heterocycles. The van der Waals surface area contributed by atoms with Gasteiger partial charge in [-0.3, -0.25) is 23.4 Å². The van der Waals surface area contributed by atoms with Crippen molar-refractivity contribution >= 4 is 25.7 Å². The fraction of sp³-hybridized carbons (Fsp3) is 0.780. The van der Waals surface area contributed by atoms with Gasteiger partial charge in [0.05, 0.1) is 13.2 Å². The Bertz CT molecular complexity index is 1240. The third-order valence-corrected chi connectivity index (χ3v) is 11.5. The fourth-order valence-electron chi connectivity index (χ4n) is 6.66. The molecule has 360 valence electrons. The van der Waals surface area contributed by atoms with Gasteiger partial charge in [0.1, 0.15) is 12.6 Å². The van der Waals surface area contributed by atoms with Gasteiger partial charge in [0.25, 0.3) is 0 Å². The van der Waals surface area contributed by atoms with Crippen molar-refractivity contribution in [1.29, 1.82) is 0 Å². The summed E-state index contributed by atoms with van der Waals surface area (Å²) in [6.45, 7) is 2.77. The summed E-state index contributed by atoms with van der Waals surface area (Å²) in [5.41, 5.74) is 5.35. The Labute approximate surface area is 377 Å². The van der Waals surface area contributed by atoms with Crippen LogP contribution in [0.15, 0.2) is 48.6 Å². The summed E-state index contributed by atoms with van der Waals surface area (Å²) in [4.78, 5) is 46.1. The zero-order valence-electron chi connectivity index (χ0n) is 39.2. The summed E-state index contributed by atoms with van der Waals surface area (Å²) in [7, 11) is -4.72. The van der Waals surface area contributed by atoms with Gasteiger partial charge in [-0.05, 0) is 77.0 Å². The Morgan fingerprint density at radius 3 is 1.26 bits per heavy atom. The third-order valence-electron chi connectivity index (χ3n) is 10.5. The lowest BCUT2D eigenvalue weighted by molar-refractivity contribution is -0.161. The Morgan fingerprint density at radius 2 is 0.855 bits per heavy atom. The average Bonchev–Trinajstić information content (AvgIpc) is 3.25. The molecule has 0 heterocycles. The topological polar surface area (TPSA) is 172 Å². The van der Waals surface area contributed by atoms with Crippen LogP contribution in [0.4, 0.5) is 0 Å². The van der Waals surface area contributed by atoms with Crippen LogP contribution in [0.3, 0.4) is 0 Å². The van der Waals surface area contributed by atoms with Crippen molar-refractivity contribution in [2.24, 2.45) is 5.73 Å². The molecule has 0 aliphatic heterocycles. The molecule has 0 aromatic heterocycles. The number of allylic oxidation sites excluding steroid dienone is 8. The minimum absolute atomic E-state index is 0.155. The Hall–Kier alpha value is -2.56. The van der Waals surface area contributed by atoms with Crippen LogP contribution in [0.25, 0.3) is 0 Å². The van der Waals surface area contributed by atoms with E-state index in [1.807, 2.05) is 0 Å². The van der Waals surface area contributed by atoms with Crippen LogP contribution in [0.5, 0.6) is 0 Å². The molecule has 3 atom stereocenters. The van der Waals surface area contributed by atoms with Gasteiger partial charge in [-0.25, -0.2) is 4.57 Å². The van der Waals surface area contributed by atoms with E-state index in [0.717, 1.165) is 64.2 Å². The van der Waals surface area contributed by atoms with Crippen LogP contribution in [0.2, 0.25) is 0 Å². The molecule has 62 heavy (non-hydrogen) atoms. The number of aliphatic carboxylic acids is 1. The molecule has 0 amide bonds. The monoisotopic (exact) mass is 896 g/mol. The van der Waals surface area contributed by atoms with E-state index in [1.54, 1.807) is 0 Å². The molecule has 0 aliphatic rings. The van der Waals surface area contributed by atoms with E-state index in [1.165, 1.54) is 116 Å². The number of carbonyl (C=O) groups is 3. The molecule has 4 N–H and O–H groups in total. The summed E-state index contributed by atoms with van der Waals surface area (Å²) in [6.07, 6.45) is 51.6. The van der Waals surface area contributed by atoms with Crippen molar-refractivity contribution in [3.05, 3.63) is 48.6 Å². The van der Waals surface area contributed by atoms with Crippen molar-refractivity contribution in [3.8, 4) is 0 Å². The van der Waals surface area contributed by atoms with Gasteiger partial charge in [0.15, 0.2) is 6.10 Å². The Kier molecular flexibility index (Phi) is 43.2. The minimum atomic E-state index is -4.72. The molecule has 0 rings (SSSR count). The van der Waals surface area contributed by atoms with E-state index in [2.05, 4.69) is 67.0 Å². The van der Waals surface area contributed by atoms with Crippen LogP contribution in [0.1, 0.15) is 219 Å². The number of carboxylic acid groups (broad SMARTS) is 1. The van der Waals surface area contributed by atoms with Crippen LogP contribution in [-0.4, -0.2) is 59.9 Å². The first-order chi connectivity index (χ1) is 30.1. The first-order valence-corrected chi connectivity index (χ1v) is 26.2. The van der Waals surface area contributed by atoms with Gasteiger partial charge in [-0.15, -0.1) is 0 Å². The van der Waals surface area contributed by atoms with Gasteiger partial charge < -0.3 is 25.2 Å². The average molecular weight is 896 g/mol. The van der Waals surface area contributed by atoms with Gasteiger partial charge >= 0.3 is 25.7 Å². The number of unbranched alkanes of at least 4 members (excludes halogenated alkanes) is 24. The number of carboxylic acids is 1. The van der Waals surface area contributed by atoms with Crippen molar-refractivity contribution < 1.29 is 47.5 Å². The first-order valence-electron chi connectivity index (χ1n) is 24.7. The number of phosphoric acid groups is 1. The molecule has 11 nitrogen and oxygen atoms in total. The summed E-state index contributed by atoms with van der Waals surface area (Å²) in [5.74, 6) is -2.38. The van der Waals surface area contributed by atoms with Crippen LogP contribution in [0, 0.1) is 0 Å². The van der Waals surface area contributed by atoms with Crippen LogP contribution < -0.4 is 5.73 Å². The van der Waals surface area contributed by atoms with Gasteiger partial charge in [0.2, 0.25) is 0 Å². The molecule has 1 unspecified atom stereocenters. The number of ether oxygens (including phenoxy) is 2. The van der Waals surface area contributed by atoms with E-state index in [0.29, 0.717) is 12.8 Å². The number of carbonyl (C=O) groups excluding carboxylic acids is 2. The number of nitrogens with two attached hydrogens (primary N) is 1. The second-order valence-corrected chi connectivity index (χ2v) is 18.0. The van der Waals surface area contributed by atoms with Crippen molar-refractivity contribution in [2.75, 3.05) is 19.8 Å². The molecule has 0 aromatic rings. The summed E-state index contributed by atoms with van der Waals surface area (Å²) >= 11 is 0. The summed E-state index contributed by atoms with van der Waals surface area (Å²) in [5, 5.41) is 8.91. The van der Waals surface area contributed by atoms with Crippen molar-refractivity contribution in [3.63, 3.8) is 0 Å². The molecule has 0 aliphatic carbocycles. The van der Waals surface area contributed by atoms with Gasteiger partial charge in [0, 0.05) is 12.8 Å². The second-order valence-electron chi connectivity index (χ2n) is 16.6. The van der Waals surface area contributed by atoms with Crippen LogP contribution in [-0.2, 0) is 37.5 Å². The molecule has 0 bridgehead atoms. The number of hydrogen-bond acceptors (Lipinski definition) is 9. The van der Waals surface area contributed by atoms with E-state index in [-0.39, 0.29) is 19.4 Å². The number of hydrogen-bond donors (Lipinski definition) is 3. The zero-order chi connectivity index (χ0) is 45.6. The normalized spacial score (nSPS) is 14.0. The highest BCUT2D eigenvalue weighted by Gasteiger charge is 2.28. The first kappa shape index (κ1) is 59.4. The maximum Gasteiger partial charge on any atom is 0.472 e. The van der Waals surface area contributed by atoms with Crippen molar-refractivity contribution in [2.45, 2.75) is 231 Å². The van der Waals surface area contributed by atoms with Crippen molar-refractivity contribution in [1.82, 2.24) is 0 Å². The Balaban J connectivity index is 4.28. The minimum Gasteiger partial charge on any atom is -0.480 e. The lowest BCUT2D eigenvalue weighted by atomic mass is 10.1.